The molecule has 0 unspecified atom stereocenters. The van der Waals surface area contributed by atoms with Gasteiger partial charge in [-0.2, -0.15) is 0 Å². The van der Waals surface area contributed by atoms with E-state index in [0.29, 0.717) is 17.8 Å². The lowest BCUT2D eigenvalue weighted by Crippen LogP contribution is -2.04. The zero-order valence-corrected chi connectivity index (χ0v) is 11.2. The van der Waals surface area contributed by atoms with Crippen LogP contribution in [0.1, 0.15) is 16.7 Å². The highest BCUT2D eigenvalue weighted by Gasteiger charge is 2.09. The number of hydrogen-bond acceptors (Lipinski definition) is 3. The highest BCUT2D eigenvalue weighted by atomic mass is 16.4. The second kappa shape index (κ2) is 6.02. The molecule has 0 radical (unpaired) electrons. The summed E-state index contributed by atoms with van der Waals surface area (Å²) in [5.41, 5.74) is 8.51. The first kappa shape index (κ1) is 13.8. The van der Waals surface area contributed by atoms with Gasteiger partial charge in [-0.15, -0.1) is 0 Å². The first-order chi connectivity index (χ1) is 9.56. The van der Waals surface area contributed by atoms with Crippen molar-refractivity contribution in [3.05, 3.63) is 64.9 Å². The summed E-state index contributed by atoms with van der Waals surface area (Å²) in [7, 11) is 0. The van der Waals surface area contributed by atoms with Gasteiger partial charge in [0.2, 0.25) is 0 Å². The molecule has 0 atom stereocenters. The van der Waals surface area contributed by atoms with Gasteiger partial charge in [0.05, 0.1) is 0 Å². The molecule has 2 rings (SSSR count). The zero-order chi connectivity index (χ0) is 14.5. The second-order valence-corrected chi connectivity index (χ2v) is 4.61. The van der Waals surface area contributed by atoms with Crippen LogP contribution in [-0.4, -0.2) is 16.1 Å². The van der Waals surface area contributed by atoms with Crippen LogP contribution >= 0.6 is 0 Å². The second-order valence-electron chi connectivity index (χ2n) is 4.61. The number of nitrogen functional groups attached to an aromatic ring is 1. The van der Waals surface area contributed by atoms with E-state index < -0.39 is 5.97 Å². The van der Waals surface area contributed by atoms with E-state index >= 15 is 0 Å². The van der Waals surface area contributed by atoms with Crippen LogP contribution in [0, 0.1) is 6.92 Å². The molecule has 0 fully saturated rings. The molecule has 0 amide bonds. The van der Waals surface area contributed by atoms with Gasteiger partial charge in [-0.25, -0.2) is 9.78 Å². The third kappa shape index (κ3) is 3.45. The van der Waals surface area contributed by atoms with E-state index in [1.807, 2.05) is 43.3 Å². The minimum Gasteiger partial charge on any atom is -0.478 e. The fraction of sp³-hybridized carbons (Fsp3) is 0.125. The number of aliphatic carboxylic acids is 1. The predicted molar refractivity (Wildman–Crippen MR) is 79.1 cm³/mol. The smallest absolute Gasteiger partial charge is 0.331 e. The van der Waals surface area contributed by atoms with E-state index in [9.17, 15) is 9.90 Å². The highest BCUT2D eigenvalue weighted by Crippen LogP contribution is 2.15. The lowest BCUT2D eigenvalue weighted by atomic mass is 10.0. The Morgan fingerprint density at radius 2 is 2.05 bits per heavy atom. The van der Waals surface area contributed by atoms with E-state index in [-0.39, 0.29) is 0 Å². The minimum absolute atomic E-state index is 0.321. The molecule has 0 saturated heterocycles. The molecule has 1 aromatic carbocycles. The number of hydrogen-bond donors (Lipinski definition) is 2. The summed E-state index contributed by atoms with van der Waals surface area (Å²) >= 11 is 0. The van der Waals surface area contributed by atoms with E-state index in [4.69, 9.17) is 5.73 Å². The Balaban J connectivity index is 2.30. The molecule has 1 heterocycles. The molecule has 3 N–H and O–H groups in total. The molecule has 0 bridgehead atoms. The number of carboxylic acids is 1. The Hall–Kier alpha value is -2.62. The van der Waals surface area contributed by atoms with Crippen molar-refractivity contribution in [2.24, 2.45) is 0 Å². The molecule has 0 saturated carbocycles. The Bertz CT molecular complexity index is 649. The molecule has 0 spiro atoms. The van der Waals surface area contributed by atoms with Crippen LogP contribution in [0.2, 0.25) is 0 Å². The number of carboxylic acid groups (broad SMARTS) is 1. The lowest BCUT2D eigenvalue weighted by Gasteiger charge is -2.05. The van der Waals surface area contributed by atoms with Crippen molar-refractivity contribution in [1.82, 2.24) is 4.98 Å². The van der Waals surface area contributed by atoms with E-state index in [0.717, 1.165) is 16.7 Å². The molecular formula is C16H16N2O2. The number of pyridine rings is 1. The molecule has 2 aromatic rings. The van der Waals surface area contributed by atoms with Gasteiger partial charge in [0, 0.05) is 18.2 Å². The van der Waals surface area contributed by atoms with Gasteiger partial charge in [0.15, 0.2) is 0 Å². The van der Waals surface area contributed by atoms with Crippen molar-refractivity contribution in [1.29, 1.82) is 0 Å². The van der Waals surface area contributed by atoms with E-state index in [1.165, 1.54) is 0 Å². The standard InChI is InChI=1S/C16H16N2O2/c1-11-7-13(10-18-15(11)17)9-14(16(19)20)8-12-5-3-2-4-6-12/h2-7,9-10H,8H2,1H3,(H2,17,18)(H,19,20)/b14-9+. The fourth-order valence-electron chi connectivity index (χ4n) is 1.89. The van der Waals surface area contributed by atoms with Gasteiger partial charge in [-0.05, 0) is 35.8 Å². The number of benzene rings is 1. The first-order valence-corrected chi connectivity index (χ1v) is 6.26. The van der Waals surface area contributed by atoms with Gasteiger partial charge in [-0.3, -0.25) is 0 Å². The van der Waals surface area contributed by atoms with Crippen molar-refractivity contribution in [2.45, 2.75) is 13.3 Å². The average Bonchev–Trinajstić information content (AvgIpc) is 2.43. The van der Waals surface area contributed by atoms with Crippen molar-refractivity contribution < 1.29 is 9.90 Å². The van der Waals surface area contributed by atoms with Crippen LogP contribution in [-0.2, 0) is 11.2 Å². The number of nitrogens with two attached hydrogens (primary N) is 1. The topological polar surface area (TPSA) is 76.2 Å². The molecule has 0 aliphatic heterocycles. The number of rotatable bonds is 4. The predicted octanol–water partition coefficient (Wildman–Crippen LogP) is 2.68. The van der Waals surface area contributed by atoms with Crippen LogP contribution in [0.3, 0.4) is 0 Å². The normalized spacial score (nSPS) is 11.3. The molecule has 4 heteroatoms. The fourth-order valence-corrected chi connectivity index (χ4v) is 1.89. The third-order valence-corrected chi connectivity index (χ3v) is 2.99. The van der Waals surface area contributed by atoms with Gasteiger partial charge < -0.3 is 10.8 Å². The molecular weight excluding hydrogens is 252 g/mol. The summed E-state index contributed by atoms with van der Waals surface area (Å²) in [5.74, 6) is -0.467. The number of anilines is 1. The van der Waals surface area contributed by atoms with Gasteiger partial charge in [0.25, 0.3) is 0 Å². The summed E-state index contributed by atoms with van der Waals surface area (Å²) in [5, 5.41) is 9.31. The zero-order valence-electron chi connectivity index (χ0n) is 11.2. The van der Waals surface area contributed by atoms with Crippen LogP contribution in [0.4, 0.5) is 5.82 Å². The minimum atomic E-state index is -0.927. The lowest BCUT2D eigenvalue weighted by molar-refractivity contribution is -0.132. The van der Waals surface area contributed by atoms with Crippen LogP contribution in [0.15, 0.2) is 48.2 Å². The monoisotopic (exact) mass is 268 g/mol. The summed E-state index contributed by atoms with van der Waals surface area (Å²) in [4.78, 5) is 15.4. The number of aromatic nitrogens is 1. The van der Waals surface area contributed by atoms with E-state index in [2.05, 4.69) is 4.98 Å². The number of nitrogens with zero attached hydrogens (tertiary/aromatic N) is 1. The SMILES string of the molecule is Cc1cc(/C=C(\Cc2ccccc2)C(=O)O)cnc1N. The number of aryl methyl sites for hydroxylation is 1. The maximum atomic E-state index is 11.3. The molecule has 0 aliphatic rings. The van der Waals surface area contributed by atoms with Crippen LogP contribution in [0.25, 0.3) is 6.08 Å². The Morgan fingerprint density at radius 1 is 1.35 bits per heavy atom. The maximum Gasteiger partial charge on any atom is 0.331 e. The van der Waals surface area contributed by atoms with Crippen LogP contribution in [0.5, 0.6) is 0 Å². The average molecular weight is 268 g/mol. The number of carbonyl (C=O) groups is 1. The Labute approximate surface area is 117 Å². The largest absolute Gasteiger partial charge is 0.478 e. The molecule has 0 aliphatic carbocycles. The Kier molecular flexibility index (Phi) is 4.15. The van der Waals surface area contributed by atoms with Crippen LogP contribution < -0.4 is 5.73 Å². The summed E-state index contributed by atoms with van der Waals surface area (Å²) in [6, 6.07) is 11.3. The van der Waals surface area contributed by atoms with E-state index in [1.54, 1.807) is 12.3 Å². The maximum absolute atomic E-state index is 11.3. The van der Waals surface area contributed by atoms with Crippen molar-refractivity contribution >= 4 is 17.9 Å². The first-order valence-electron chi connectivity index (χ1n) is 6.26. The summed E-state index contributed by atoms with van der Waals surface area (Å²) < 4.78 is 0. The molecule has 20 heavy (non-hydrogen) atoms. The van der Waals surface area contributed by atoms with Gasteiger partial charge >= 0.3 is 5.97 Å². The molecule has 4 nitrogen and oxygen atoms in total. The van der Waals surface area contributed by atoms with Crippen molar-refractivity contribution in [2.75, 3.05) is 5.73 Å². The van der Waals surface area contributed by atoms with Gasteiger partial charge in [0.1, 0.15) is 5.82 Å². The highest BCUT2D eigenvalue weighted by molar-refractivity contribution is 5.92. The quantitative estimate of drug-likeness (QED) is 0.836. The summed E-state index contributed by atoms with van der Waals surface area (Å²) in [6.07, 6.45) is 3.59. The Morgan fingerprint density at radius 3 is 2.65 bits per heavy atom. The molecule has 102 valence electrons. The van der Waals surface area contributed by atoms with Crippen molar-refractivity contribution in [3.8, 4) is 0 Å². The summed E-state index contributed by atoms with van der Waals surface area (Å²) in [6.45, 7) is 1.84. The third-order valence-electron chi connectivity index (χ3n) is 2.99. The van der Waals surface area contributed by atoms with Gasteiger partial charge in [-0.1, -0.05) is 30.3 Å². The van der Waals surface area contributed by atoms with Crippen molar-refractivity contribution in [3.63, 3.8) is 0 Å². The molecule has 1 aromatic heterocycles.